The summed E-state index contributed by atoms with van der Waals surface area (Å²) in [5, 5.41) is 0. The van der Waals surface area contributed by atoms with Gasteiger partial charge >= 0.3 is 0 Å². The zero-order chi connectivity index (χ0) is 11.7. The smallest absolute Gasteiger partial charge is 0.194 e. The van der Waals surface area contributed by atoms with Gasteiger partial charge in [0.15, 0.2) is 23.3 Å². The highest BCUT2D eigenvalue weighted by molar-refractivity contribution is 5.78. The first-order valence-corrected chi connectivity index (χ1v) is 4.87. The molecule has 1 atom stereocenters. The molecule has 2 rings (SSSR count). The van der Waals surface area contributed by atoms with Gasteiger partial charge in [0, 0.05) is 6.42 Å². The fourth-order valence-corrected chi connectivity index (χ4v) is 1.73. The second-order valence-electron chi connectivity index (χ2n) is 3.58. The molecule has 1 heterocycles. The summed E-state index contributed by atoms with van der Waals surface area (Å²) in [6.07, 6.45) is 1.25. The van der Waals surface area contributed by atoms with Crippen molar-refractivity contribution in [1.82, 2.24) is 0 Å². The SMILES string of the molecule is COC1=NC(c2cc(F)c(F)c(F)c2)CC1. The van der Waals surface area contributed by atoms with Gasteiger partial charge in [0.05, 0.1) is 13.2 Å². The Kier molecular flexibility index (Phi) is 2.85. The van der Waals surface area contributed by atoms with E-state index in [0.717, 1.165) is 12.1 Å². The molecule has 5 heteroatoms. The Morgan fingerprint density at radius 2 is 1.88 bits per heavy atom. The number of aliphatic imine (C=N–C) groups is 1. The van der Waals surface area contributed by atoms with Gasteiger partial charge in [-0.3, -0.25) is 0 Å². The quantitative estimate of drug-likeness (QED) is 0.678. The minimum absolute atomic E-state index is 0.337. The standard InChI is InChI=1S/C11H10F3NO/c1-16-10-3-2-9(15-10)6-4-7(12)11(14)8(13)5-6/h4-5,9H,2-3H2,1H3. The largest absolute Gasteiger partial charge is 0.484 e. The highest BCUT2D eigenvalue weighted by atomic mass is 19.2. The number of rotatable bonds is 1. The predicted octanol–water partition coefficient (Wildman–Crippen LogP) is 2.98. The number of methoxy groups -OCH3 is 1. The maximum Gasteiger partial charge on any atom is 0.194 e. The predicted molar refractivity (Wildman–Crippen MR) is 52.7 cm³/mol. The molecular weight excluding hydrogens is 219 g/mol. The van der Waals surface area contributed by atoms with Crippen LogP contribution in [0.3, 0.4) is 0 Å². The number of nitrogens with zero attached hydrogens (tertiary/aromatic N) is 1. The van der Waals surface area contributed by atoms with Crippen LogP contribution in [0.15, 0.2) is 17.1 Å². The Morgan fingerprint density at radius 3 is 2.38 bits per heavy atom. The normalized spacial score (nSPS) is 19.8. The first-order chi connectivity index (χ1) is 7.61. The van der Waals surface area contributed by atoms with E-state index in [2.05, 4.69) is 4.99 Å². The molecule has 1 unspecified atom stereocenters. The number of hydrogen-bond acceptors (Lipinski definition) is 2. The summed E-state index contributed by atoms with van der Waals surface area (Å²) < 4.78 is 43.6. The summed E-state index contributed by atoms with van der Waals surface area (Å²) >= 11 is 0. The third-order valence-corrected chi connectivity index (χ3v) is 2.56. The van der Waals surface area contributed by atoms with E-state index in [1.165, 1.54) is 7.11 Å². The zero-order valence-corrected chi connectivity index (χ0v) is 8.64. The highest BCUT2D eigenvalue weighted by Crippen LogP contribution is 2.30. The van der Waals surface area contributed by atoms with Crippen LogP contribution in [0.5, 0.6) is 0 Å². The van der Waals surface area contributed by atoms with Gasteiger partial charge < -0.3 is 4.74 Å². The third-order valence-electron chi connectivity index (χ3n) is 2.56. The van der Waals surface area contributed by atoms with Crippen LogP contribution in [0.1, 0.15) is 24.4 Å². The molecule has 1 aliphatic heterocycles. The molecule has 0 fully saturated rings. The molecule has 0 amide bonds. The van der Waals surface area contributed by atoms with Crippen LogP contribution in [-0.2, 0) is 4.74 Å². The lowest BCUT2D eigenvalue weighted by molar-refractivity contribution is 0.395. The third kappa shape index (κ3) is 1.89. The molecule has 0 aromatic heterocycles. The van der Waals surface area contributed by atoms with Gasteiger partial charge in [0.1, 0.15) is 0 Å². The van der Waals surface area contributed by atoms with E-state index in [4.69, 9.17) is 4.74 Å². The lowest BCUT2D eigenvalue weighted by Gasteiger charge is -2.07. The Bertz CT molecular complexity index is 422. The maximum atomic E-state index is 13.0. The van der Waals surface area contributed by atoms with Gasteiger partial charge in [-0.25, -0.2) is 18.2 Å². The number of hydrogen-bond donors (Lipinski definition) is 0. The van der Waals surface area contributed by atoms with Crippen LogP contribution in [0.25, 0.3) is 0 Å². The van der Waals surface area contributed by atoms with Crippen LogP contribution >= 0.6 is 0 Å². The van der Waals surface area contributed by atoms with Crippen LogP contribution in [0.2, 0.25) is 0 Å². The summed E-state index contributed by atoms with van der Waals surface area (Å²) in [6.45, 7) is 0. The van der Waals surface area contributed by atoms with E-state index in [-0.39, 0.29) is 6.04 Å². The number of benzene rings is 1. The maximum absolute atomic E-state index is 13.0. The summed E-state index contributed by atoms with van der Waals surface area (Å²) in [6, 6.07) is 1.61. The van der Waals surface area contributed by atoms with Gasteiger partial charge in [0.25, 0.3) is 0 Å². The van der Waals surface area contributed by atoms with E-state index < -0.39 is 17.5 Å². The summed E-state index contributed by atoms with van der Waals surface area (Å²) in [7, 11) is 1.49. The lowest BCUT2D eigenvalue weighted by Crippen LogP contribution is -1.97. The van der Waals surface area contributed by atoms with Crippen molar-refractivity contribution >= 4 is 5.90 Å². The minimum atomic E-state index is -1.45. The average Bonchev–Trinajstić information content (AvgIpc) is 2.73. The summed E-state index contributed by atoms with van der Waals surface area (Å²) in [5.74, 6) is -3.26. The molecule has 0 aliphatic carbocycles. The second-order valence-corrected chi connectivity index (χ2v) is 3.58. The average molecular weight is 229 g/mol. The van der Waals surface area contributed by atoms with E-state index in [9.17, 15) is 13.2 Å². The van der Waals surface area contributed by atoms with E-state index >= 15 is 0 Å². The van der Waals surface area contributed by atoms with Crippen molar-refractivity contribution in [3.63, 3.8) is 0 Å². The van der Waals surface area contributed by atoms with Gasteiger partial charge in [0.2, 0.25) is 0 Å². The van der Waals surface area contributed by atoms with Crippen LogP contribution in [-0.4, -0.2) is 13.0 Å². The first kappa shape index (κ1) is 11.0. The number of ether oxygens (including phenoxy) is 1. The zero-order valence-electron chi connectivity index (χ0n) is 8.64. The Balaban J connectivity index is 2.32. The topological polar surface area (TPSA) is 21.6 Å². The van der Waals surface area contributed by atoms with Crippen molar-refractivity contribution in [2.24, 2.45) is 4.99 Å². The lowest BCUT2D eigenvalue weighted by atomic mass is 10.0. The van der Waals surface area contributed by atoms with Crippen LogP contribution in [0.4, 0.5) is 13.2 Å². The summed E-state index contributed by atoms with van der Waals surface area (Å²) in [5.41, 5.74) is 0.337. The highest BCUT2D eigenvalue weighted by Gasteiger charge is 2.22. The van der Waals surface area contributed by atoms with Crippen LogP contribution in [0, 0.1) is 17.5 Å². The molecule has 16 heavy (non-hydrogen) atoms. The molecule has 0 bridgehead atoms. The molecule has 1 aliphatic rings. The fraction of sp³-hybridized carbons (Fsp3) is 0.364. The van der Waals surface area contributed by atoms with Crippen molar-refractivity contribution in [2.75, 3.05) is 7.11 Å². The van der Waals surface area contributed by atoms with Gasteiger partial charge in [-0.1, -0.05) is 0 Å². The molecule has 0 saturated heterocycles. The molecule has 86 valence electrons. The molecule has 0 radical (unpaired) electrons. The van der Waals surface area contributed by atoms with Crippen molar-refractivity contribution < 1.29 is 17.9 Å². The van der Waals surface area contributed by atoms with Crippen molar-refractivity contribution in [1.29, 1.82) is 0 Å². The molecular formula is C11H10F3NO. The van der Waals surface area contributed by atoms with E-state index in [1.807, 2.05) is 0 Å². The van der Waals surface area contributed by atoms with Crippen molar-refractivity contribution in [3.05, 3.63) is 35.1 Å². The molecule has 2 nitrogen and oxygen atoms in total. The van der Waals surface area contributed by atoms with Gasteiger partial charge in [-0.05, 0) is 24.1 Å². The molecule has 1 aromatic carbocycles. The molecule has 0 saturated carbocycles. The first-order valence-electron chi connectivity index (χ1n) is 4.87. The molecule has 0 spiro atoms. The molecule has 0 N–H and O–H groups in total. The van der Waals surface area contributed by atoms with E-state index in [0.29, 0.717) is 24.3 Å². The van der Waals surface area contributed by atoms with E-state index in [1.54, 1.807) is 0 Å². The van der Waals surface area contributed by atoms with Gasteiger partial charge in [-0.15, -0.1) is 0 Å². The van der Waals surface area contributed by atoms with Crippen LogP contribution < -0.4 is 0 Å². The summed E-state index contributed by atoms with van der Waals surface area (Å²) in [4.78, 5) is 4.13. The fourth-order valence-electron chi connectivity index (χ4n) is 1.73. The number of halogens is 3. The van der Waals surface area contributed by atoms with Crippen molar-refractivity contribution in [3.8, 4) is 0 Å². The second kappa shape index (κ2) is 4.15. The van der Waals surface area contributed by atoms with Crippen molar-refractivity contribution in [2.45, 2.75) is 18.9 Å². The Hall–Kier alpha value is -1.52. The molecule has 1 aromatic rings. The Morgan fingerprint density at radius 1 is 1.25 bits per heavy atom. The van der Waals surface area contributed by atoms with Gasteiger partial charge in [-0.2, -0.15) is 0 Å². The minimum Gasteiger partial charge on any atom is -0.484 e. The monoisotopic (exact) mass is 229 g/mol. The Labute approximate surface area is 90.8 Å².